The van der Waals surface area contributed by atoms with Crippen LogP contribution < -0.4 is 0 Å². The third-order valence-electron chi connectivity index (χ3n) is 4.27. The van der Waals surface area contributed by atoms with Crippen LogP contribution in [0.1, 0.15) is 110 Å². The summed E-state index contributed by atoms with van der Waals surface area (Å²) in [6, 6.07) is 0. The first-order chi connectivity index (χ1) is 10.6. The highest BCUT2D eigenvalue weighted by atomic mass is 31.2. The molecular weight excluding hydrogens is 301 g/mol. The molecule has 0 unspecified atom stereocenters. The molecule has 0 aliphatic carbocycles. The zero-order valence-electron chi connectivity index (χ0n) is 14.6. The van der Waals surface area contributed by atoms with Crippen LogP contribution in [0.5, 0.6) is 0 Å². The summed E-state index contributed by atoms with van der Waals surface area (Å²) < 4.78 is 34.5. The maximum atomic E-state index is 12.2. The second kappa shape index (κ2) is 16.0. The topological polar surface area (TPSA) is 17.1 Å². The maximum Gasteiger partial charge on any atom is 0.402 e. The Morgan fingerprint density at radius 2 is 0.818 bits per heavy atom. The average molecular weight is 338 g/mol. The third kappa shape index (κ3) is 20.1. The van der Waals surface area contributed by atoms with Gasteiger partial charge in [-0.3, -0.25) is 4.57 Å². The second-order valence-electron chi connectivity index (χ2n) is 6.60. The summed E-state index contributed by atoms with van der Waals surface area (Å²) in [5, 5.41) is 0. The molecule has 22 heavy (non-hydrogen) atoms. The predicted molar refractivity (Wildman–Crippen MR) is 94.2 cm³/mol. The Morgan fingerprint density at radius 3 is 1.09 bits per heavy atom. The third-order valence-corrected chi connectivity index (χ3v) is 5.11. The van der Waals surface area contributed by atoms with Gasteiger partial charge in [0, 0.05) is 0 Å². The molecule has 0 aliphatic heterocycles. The lowest BCUT2D eigenvalue weighted by molar-refractivity contribution is 0.488. The highest BCUT2D eigenvalue weighted by molar-refractivity contribution is 7.52. The minimum atomic E-state index is -4.75. The summed E-state index contributed by atoms with van der Waals surface area (Å²) in [5.41, 5.74) is 0. The highest BCUT2D eigenvalue weighted by Crippen LogP contribution is 2.49. The van der Waals surface area contributed by atoms with Crippen molar-refractivity contribution in [2.45, 2.75) is 110 Å². The van der Waals surface area contributed by atoms with E-state index in [9.17, 15) is 13.0 Å². The van der Waals surface area contributed by atoms with Crippen molar-refractivity contribution in [3.8, 4) is 0 Å². The van der Waals surface area contributed by atoms with Crippen LogP contribution in [0.2, 0.25) is 0 Å². The van der Waals surface area contributed by atoms with Gasteiger partial charge in [0.1, 0.15) is 0 Å². The van der Waals surface area contributed by atoms with Gasteiger partial charge < -0.3 is 0 Å². The molecule has 0 aromatic rings. The Hall–Kier alpha value is 0.0900. The summed E-state index contributed by atoms with van der Waals surface area (Å²) in [7, 11) is -4.75. The van der Waals surface area contributed by atoms with Crippen LogP contribution in [0.15, 0.2) is 0 Å². The van der Waals surface area contributed by atoms with Crippen LogP contribution >= 0.6 is 7.76 Å². The van der Waals surface area contributed by atoms with E-state index in [1.165, 1.54) is 77.0 Å². The maximum absolute atomic E-state index is 12.2. The van der Waals surface area contributed by atoms with Crippen LogP contribution in [0, 0.1) is 0 Å². The minimum Gasteiger partial charge on any atom is -0.250 e. The van der Waals surface area contributed by atoms with E-state index in [1.54, 1.807) is 0 Å². The van der Waals surface area contributed by atoms with Crippen molar-refractivity contribution in [2.75, 3.05) is 6.16 Å². The Bertz CT molecular complexity index is 266. The standard InChI is InChI=1S/C18H37F2OP/c1-2-3-4-5-6-7-8-9-10-11-12-13-14-15-16-17-18-22(19,20)21/h2-18H2,1H3. The Labute approximate surface area is 137 Å². The van der Waals surface area contributed by atoms with Crippen molar-refractivity contribution in [3.63, 3.8) is 0 Å². The lowest BCUT2D eigenvalue weighted by Crippen LogP contribution is -1.85. The van der Waals surface area contributed by atoms with E-state index < -0.39 is 7.76 Å². The summed E-state index contributed by atoms with van der Waals surface area (Å²) in [4.78, 5) is 0. The smallest absolute Gasteiger partial charge is 0.250 e. The zero-order chi connectivity index (χ0) is 16.5. The molecule has 0 spiro atoms. The molecule has 4 heteroatoms. The van der Waals surface area contributed by atoms with Gasteiger partial charge in [-0.15, -0.1) is 0 Å². The van der Waals surface area contributed by atoms with Gasteiger partial charge in [0.05, 0.1) is 6.16 Å². The average Bonchev–Trinajstić information content (AvgIpc) is 2.45. The molecule has 0 rings (SSSR count). The predicted octanol–water partition coefficient (Wildman–Crippen LogP) is 8.38. The van der Waals surface area contributed by atoms with Gasteiger partial charge in [-0.25, -0.2) is 0 Å². The van der Waals surface area contributed by atoms with Crippen LogP contribution in [-0.2, 0) is 4.57 Å². The lowest BCUT2D eigenvalue weighted by atomic mass is 10.0. The quantitative estimate of drug-likeness (QED) is 0.192. The molecule has 0 atom stereocenters. The monoisotopic (exact) mass is 338 g/mol. The normalized spacial score (nSPS) is 12.0. The first-order valence-electron chi connectivity index (χ1n) is 9.54. The van der Waals surface area contributed by atoms with Crippen LogP contribution in [0.4, 0.5) is 8.39 Å². The van der Waals surface area contributed by atoms with Gasteiger partial charge in [-0.2, -0.15) is 8.39 Å². The van der Waals surface area contributed by atoms with E-state index in [2.05, 4.69) is 6.92 Å². The summed E-state index contributed by atoms with van der Waals surface area (Å²) >= 11 is 0. The number of hydrogen-bond donors (Lipinski definition) is 0. The van der Waals surface area contributed by atoms with E-state index in [1.807, 2.05) is 0 Å². The number of unbranched alkanes of at least 4 members (excludes halogenated alkanes) is 15. The van der Waals surface area contributed by atoms with Crippen LogP contribution in [0.25, 0.3) is 0 Å². The van der Waals surface area contributed by atoms with Crippen molar-refractivity contribution in [1.82, 2.24) is 0 Å². The Morgan fingerprint density at radius 1 is 0.545 bits per heavy atom. The van der Waals surface area contributed by atoms with Gasteiger partial charge in [0.2, 0.25) is 0 Å². The lowest BCUT2D eigenvalue weighted by Gasteiger charge is -2.03. The Balaban J connectivity index is 3.01. The van der Waals surface area contributed by atoms with E-state index in [4.69, 9.17) is 0 Å². The summed E-state index contributed by atoms with van der Waals surface area (Å²) in [6.45, 7) is 2.26. The molecular formula is C18H37F2OP. The molecule has 0 aliphatic rings. The van der Waals surface area contributed by atoms with Gasteiger partial charge in [0.15, 0.2) is 0 Å². The van der Waals surface area contributed by atoms with Crippen molar-refractivity contribution < 1.29 is 13.0 Å². The molecule has 0 radical (unpaired) electrons. The molecule has 0 amide bonds. The number of hydrogen-bond acceptors (Lipinski definition) is 1. The first kappa shape index (κ1) is 22.1. The fourth-order valence-electron chi connectivity index (χ4n) is 2.84. The Kier molecular flexibility index (Phi) is 16.0. The molecule has 1 nitrogen and oxygen atoms in total. The van der Waals surface area contributed by atoms with Gasteiger partial charge in [-0.05, 0) is 6.42 Å². The fourth-order valence-corrected chi connectivity index (χ4v) is 3.44. The van der Waals surface area contributed by atoms with Gasteiger partial charge >= 0.3 is 7.76 Å². The molecule has 0 fully saturated rings. The highest BCUT2D eigenvalue weighted by Gasteiger charge is 2.16. The van der Waals surface area contributed by atoms with Gasteiger partial charge in [-0.1, -0.05) is 103 Å². The molecule has 0 aromatic carbocycles. The summed E-state index contributed by atoms with van der Waals surface area (Å²) in [5.74, 6) is 0. The molecule has 0 bridgehead atoms. The van der Waals surface area contributed by atoms with Crippen LogP contribution in [-0.4, -0.2) is 6.16 Å². The number of halogens is 2. The van der Waals surface area contributed by atoms with E-state index in [0.717, 1.165) is 19.3 Å². The molecule has 0 saturated carbocycles. The van der Waals surface area contributed by atoms with Crippen molar-refractivity contribution in [1.29, 1.82) is 0 Å². The van der Waals surface area contributed by atoms with E-state index in [0.29, 0.717) is 6.42 Å². The van der Waals surface area contributed by atoms with Gasteiger partial charge in [0.25, 0.3) is 0 Å². The zero-order valence-corrected chi connectivity index (χ0v) is 15.5. The molecule has 0 heterocycles. The van der Waals surface area contributed by atoms with Crippen molar-refractivity contribution >= 4 is 7.76 Å². The van der Waals surface area contributed by atoms with Crippen LogP contribution in [0.3, 0.4) is 0 Å². The molecule has 0 N–H and O–H groups in total. The molecule has 0 saturated heterocycles. The number of rotatable bonds is 17. The van der Waals surface area contributed by atoms with Crippen molar-refractivity contribution in [3.05, 3.63) is 0 Å². The van der Waals surface area contributed by atoms with E-state index in [-0.39, 0.29) is 6.16 Å². The second-order valence-corrected chi connectivity index (χ2v) is 8.18. The first-order valence-corrected chi connectivity index (χ1v) is 11.2. The molecule has 134 valence electrons. The fraction of sp³-hybridized carbons (Fsp3) is 1.00. The summed E-state index contributed by atoms with van der Waals surface area (Å²) in [6.07, 6.45) is 19.3. The minimum absolute atomic E-state index is 0.383. The largest absolute Gasteiger partial charge is 0.402 e. The molecule has 0 aromatic heterocycles. The van der Waals surface area contributed by atoms with Crippen molar-refractivity contribution in [2.24, 2.45) is 0 Å². The van der Waals surface area contributed by atoms with E-state index >= 15 is 0 Å². The SMILES string of the molecule is CCCCCCCCCCCCCCCCCCP(=O)(F)F.